The summed E-state index contributed by atoms with van der Waals surface area (Å²) in [6.45, 7) is 5.10. The predicted octanol–water partition coefficient (Wildman–Crippen LogP) is 2.86. The van der Waals surface area contributed by atoms with Crippen molar-refractivity contribution >= 4 is 17.7 Å². The van der Waals surface area contributed by atoms with Crippen LogP contribution < -0.4 is 5.32 Å². The molecule has 7 nitrogen and oxygen atoms in total. The highest BCUT2D eigenvalue weighted by atomic mass is 16.2. The van der Waals surface area contributed by atoms with Crippen molar-refractivity contribution in [2.24, 2.45) is 10.8 Å². The quantitative estimate of drug-likeness (QED) is 0.634. The third-order valence-corrected chi connectivity index (χ3v) is 8.23. The molecule has 0 radical (unpaired) electrons. The maximum atomic E-state index is 13.0. The lowest BCUT2D eigenvalue weighted by Crippen LogP contribution is -2.47. The molecule has 1 aromatic carbocycles. The lowest BCUT2D eigenvalue weighted by Gasteiger charge is -2.49. The number of hydrogen-bond donors (Lipinski definition) is 1. The van der Waals surface area contributed by atoms with Crippen molar-refractivity contribution in [1.29, 1.82) is 0 Å². The van der Waals surface area contributed by atoms with Crippen LogP contribution in [-0.2, 0) is 19.9 Å². The molecule has 2 aliphatic rings. The second-order valence-corrected chi connectivity index (χ2v) is 11.4. The van der Waals surface area contributed by atoms with Gasteiger partial charge in [-0.3, -0.25) is 19.3 Å². The van der Waals surface area contributed by atoms with Gasteiger partial charge in [-0.1, -0.05) is 44.2 Å². The zero-order valence-corrected chi connectivity index (χ0v) is 21.8. The Morgan fingerprint density at radius 1 is 1.03 bits per heavy atom. The normalized spacial score (nSPS) is 25.1. The molecule has 0 aromatic heterocycles. The Morgan fingerprint density at radius 2 is 1.65 bits per heavy atom. The molecule has 0 unspecified atom stereocenters. The van der Waals surface area contributed by atoms with Gasteiger partial charge in [-0.05, 0) is 57.2 Å². The van der Waals surface area contributed by atoms with Crippen LogP contribution in [0.4, 0.5) is 0 Å². The van der Waals surface area contributed by atoms with Gasteiger partial charge in [0.25, 0.3) is 0 Å². The number of rotatable bonds is 8. The van der Waals surface area contributed by atoms with Gasteiger partial charge in [-0.15, -0.1) is 0 Å². The number of hydrogen-bond acceptors (Lipinski definition) is 4. The maximum Gasteiger partial charge on any atom is 0.241 e. The van der Waals surface area contributed by atoms with E-state index in [-0.39, 0.29) is 35.2 Å². The first-order valence-electron chi connectivity index (χ1n) is 12.4. The molecule has 34 heavy (non-hydrogen) atoms. The molecule has 3 amide bonds. The highest BCUT2D eigenvalue weighted by Gasteiger charge is 2.50. The van der Waals surface area contributed by atoms with E-state index in [1.54, 1.807) is 14.1 Å². The molecule has 0 atom stereocenters. The molecule has 0 bridgehead atoms. The first-order chi connectivity index (χ1) is 15.9. The van der Waals surface area contributed by atoms with E-state index in [9.17, 15) is 14.4 Å². The summed E-state index contributed by atoms with van der Waals surface area (Å²) >= 11 is 0. The molecule has 1 aliphatic carbocycles. The van der Waals surface area contributed by atoms with Gasteiger partial charge in [0, 0.05) is 44.6 Å². The summed E-state index contributed by atoms with van der Waals surface area (Å²) in [7, 11) is 7.66. The van der Waals surface area contributed by atoms with E-state index in [2.05, 4.69) is 54.6 Å². The Balaban J connectivity index is 1.58. The van der Waals surface area contributed by atoms with E-state index in [1.807, 2.05) is 18.7 Å². The van der Waals surface area contributed by atoms with Crippen LogP contribution >= 0.6 is 0 Å². The summed E-state index contributed by atoms with van der Waals surface area (Å²) in [5.41, 5.74) is 0.766. The van der Waals surface area contributed by atoms with E-state index >= 15 is 0 Å². The highest BCUT2D eigenvalue weighted by molar-refractivity contribution is 5.87. The van der Waals surface area contributed by atoms with Gasteiger partial charge in [0.1, 0.15) is 0 Å². The fourth-order valence-electron chi connectivity index (χ4n) is 5.54. The van der Waals surface area contributed by atoms with Gasteiger partial charge in [-0.2, -0.15) is 0 Å². The summed E-state index contributed by atoms with van der Waals surface area (Å²) in [4.78, 5) is 43.2. The topological polar surface area (TPSA) is 73.0 Å². The third-order valence-electron chi connectivity index (χ3n) is 8.23. The van der Waals surface area contributed by atoms with E-state index in [0.29, 0.717) is 19.4 Å². The molecule has 1 heterocycles. The Bertz CT molecular complexity index is 886. The van der Waals surface area contributed by atoms with Crippen molar-refractivity contribution in [2.45, 2.75) is 57.9 Å². The Morgan fingerprint density at radius 3 is 2.21 bits per heavy atom. The zero-order valence-electron chi connectivity index (χ0n) is 21.8. The van der Waals surface area contributed by atoms with E-state index in [1.165, 1.54) is 10.5 Å². The van der Waals surface area contributed by atoms with Crippen molar-refractivity contribution in [3.8, 4) is 0 Å². The second-order valence-electron chi connectivity index (χ2n) is 11.4. The van der Waals surface area contributed by atoms with Gasteiger partial charge in [-0.25, -0.2) is 0 Å². The fraction of sp³-hybridized carbons (Fsp3) is 0.667. The molecule has 1 saturated heterocycles. The summed E-state index contributed by atoms with van der Waals surface area (Å²) in [5.74, 6) is -0.0844. The molecular weight excluding hydrogens is 428 g/mol. The van der Waals surface area contributed by atoms with Crippen LogP contribution in [0.1, 0.15) is 57.9 Å². The summed E-state index contributed by atoms with van der Waals surface area (Å²) in [6, 6.07) is 10.7. The SMILES string of the molecule is CN(C)C(=O)CNC(=O)C(C)(C)CCN1CC2(CCC(c3ccccc3)(N(C)C)CC2)CC1=O. The van der Waals surface area contributed by atoms with Crippen LogP contribution in [0.25, 0.3) is 0 Å². The van der Waals surface area contributed by atoms with Gasteiger partial charge in [0.2, 0.25) is 17.7 Å². The third kappa shape index (κ3) is 5.45. The van der Waals surface area contributed by atoms with Gasteiger partial charge >= 0.3 is 0 Å². The van der Waals surface area contributed by atoms with Crippen molar-refractivity contribution < 1.29 is 14.4 Å². The monoisotopic (exact) mass is 470 g/mol. The van der Waals surface area contributed by atoms with Crippen LogP contribution in [-0.4, -0.2) is 80.2 Å². The minimum absolute atomic E-state index is 0.00391. The van der Waals surface area contributed by atoms with Crippen molar-refractivity contribution in [3.63, 3.8) is 0 Å². The van der Waals surface area contributed by atoms with Crippen LogP contribution in [0, 0.1) is 10.8 Å². The number of carbonyl (C=O) groups excluding carboxylic acids is 3. The molecule has 1 N–H and O–H groups in total. The van der Waals surface area contributed by atoms with E-state index in [0.717, 1.165) is 32.2 Å². The first kappa shape index (κ1) is 26.2. The number of nitrogens with one attached hydrogen (secondary N) is 1. The Hall–Kier alpha value is -2.41. The molecule has 7 heteroatoms. The molecule has 2 fully saturated rings. The average molecular weight is 471 g/mol. The summed E-state index contributed by atoms with van der Waals surface area (Å²) in [5, 5.41) is 2.74. The minimum atomic E-state index is -0.650. The molecule has 1 saturated carbocycles. The Kier molecular flexibility index (Phi) is 7.75. The number of carbonyl (C=O) groups is 3. The molecule has 3 rings (SSSR count). The van der Waals surface area contributed by atoms with Crippen molar-refractivity contribution in [3.05, 3.63) is 35.9 Å². The van der Waals surface area contributed by atoms with Crippen LogP contribution in [0.3, 0.4) is 0 Å². The van der Waals surface area contributed by atoms with Crippen molar-refractivity contribution in [2.75, 3.05) is 47.8 Å². The zero-order chi connectivity index (χ0) is 25.1. The number of amides is 3. The molecule has 1 aromatic rings. The molecule has 1 spiro atoms. The highest BCUT2D eigenvalue weighted by Crippen LogP contribution is 2.52. The maximum absolute atomic E-state index is 13.0. The number of benzene rings is 1. The molecular formula is C27H42N4O3. The van der Waals surface area contributed by atoms with E-state index < -0.39 is 5.41 Å². The van der Waals surface area contributed by atoms with Crippen LogP contribution in [0.2, 0.25) is 0 Å². The molecule has 188 valence electrons. The lowest BCUT2D eigenvalue weighted by molar-refractivity contribution is -0.135. The Labute approximate surface area is 204 Å². The van der Waals surface area contributed by atoms with Gasteiger partial charge < -0.3 is 15.1 Å². The summed E-state index contributed by atoms with van der Waals surface area (Å²) in [6.07, 6.45) is 5.31. The largest absolute Gasteiger partial charge is 0.347 e. The number of likely N-dealkylation sites (tertiary alicyclic amines) is 1. The number of nitrogens with zero attached hydrogens (tertiary/aromatic N) is 3. The smallest absolute Gasteiger partial charge is 0.241 e. The number of likely N-dealkylation sites (N-methyl/N-ethyl adjacent to an activating group) is 1. The lowest BCUT2D eigenvalue weighted by atomic mass is 9.64. The van der Waals surface area contributed by atoms with Crippen LogP contribution in [0.5, 0.6) is 0 Å². The molecule has 1 aliphatic heterocycles. The second kappa shape index (κ2) is 10.1. The average Bonchev–Trinajstić information content (AvgIpc) is 3.11. The van der Waals surface area contributed by atoms with Crippen LogP contribution in [0.15, 0.2) is 30.3 Å². The predicted molar refractivity (Wildman–Crippen MR) is 134 cm³/mol. The fourth-order valence-corrected chi connectivity index (χ4v) is 5.54. The van der Waals surface area contributed by atoms with Gasteiger partial charge in [0.15, 0.2) is 0 Å². The van der Waals surface area contributed by atoms with Crippen molar-refractivity contribution in [1.82, 2.24) is 20.0 Å². The standard InChI is InChI=1S/C27H42N4O3/c1-25(2,24(34)28-19-23(33)29(3)4)16-17-31-20-26(18-22(31)32)12-14-27(15-13-26,30(5)6)21-10-8-7-9-11-21/h7-11H,12-20H2,1-6H3,(H,28,34). The first-order valence-corrected chi connectivity index (χ1v) is 12.4. The van der Waals surface area contributed by atoms with Gasteiger partial charge in [0.05, 0.1) is 6.54 Å². The van der Waals surface area contributed by atoms with E-state index in [4.69, 9.17) is 0 Å². The minimum Gasteiger partial charge on any atom is -0.347 e. The summed E-state index contributed by atoms with van der Waals surface area (Å²) < 4.78 is 0.